The summed E-state index contributed by atoms with van der Waals surface area (Å²) in [5.41, 5.74) is 5.23. The Labute approximate surface area is 215 Å². The van der Waals surface area contributed by atoms with Gasteiger partial charge in [0.1, 0.15) is 0 Å². The van der Waals surface area contributed by atoms with Gasteiger partial charge in [-0.1, -0.05) is 121 Å². The van der Waals surface area contributed by atoms with Crippen molar-refractivity contribution in [3.05, 3.63) is 65.8 Å². The molecule has 1 aromatic rings. The average molecular weight is 476 g/mol. The van der Waals surface area contributed by atoms with Crippen LogP contribution in [0, 0.1) is 28.9 Å². The second-order valence-corrected chi connectivity index (χ2v) is 13.5. The van der Waals surface area contributed by atoms with E-state index in [1.54, 1.807) is 11.6 Å². The Morgan fingerprint density at radius 2 is 1.19 bits per heavy atom. The molecule has 0 aliphatic heterocycles. The summed E-state index contributed by atoms with van der Waals surface area (Å²) in [7, 11) is 0. The maximum atomic E-state index is 5.41. The van der Waals surface area contributed by atoms with Crippen LogP contribution in [0.15, 0.2) is 42.0 Å². The Hall–Kier alpha value is -0.976. The summed E-state index contributed by atoms with van der Waals surface area (Å²) in [6.45, 7) is 36.2. The maximum absolute atomic E-state index is 5.41. The molecule has 1 aliphatic carbocycles. The number of hydrogen-bond acceptors (Lipinski definition) is 0. The van der Waals surface area contributed by atoms with Crippen LogP contribution < -0.4 is 0 Å². The molecule has 0 amide bonds. The van der Waals surface area contributed by atoms with Crippen LogP contribution in [0.3, 0.4) is 0 Å². The van der Waals surface area contributed by atoms with E-state index in [4.69, 9.17) is 6.58 Å². The summed E-state index contributed by atoms with van der Waals surface area (Å²) in [5, 5.41) is 0. The molecule has 0 bridgehead atoms. The molecule has 0 saturated carbocycles. The Balaban J connectivity index is -0.000000373. The van der Waals surface area contributed by atoms with Gasteiger partial charge >= 0.3 is 18.6 Å². The number of benzene rings is 1. The molecule has 0 spiro atoms. The van der Waals surface area contributed by atoms with E-state index in [1.165, 1.54) is 5.56 Å². The molecule has 0 aromatic heterocycles. The van der Waals surface area contributed by atoms with Gasteiger partial charge in [0.05, 0.1) is 0 Å². The van der Waals surface area contributed by atoms with E-state index in [2.05, 4.69) is 127 Å². The number of allylic oxidation sites excluding steroid dienone is 4. The first-order chi connectivity index (χ1) is 13.6. The summed E-state index contributed by atoms with van der Waals surface area (Å²) in [5.74, 6) is 0. The molecule has 0 N–H and O–H groups in total. The van der Waals surface area contributed by atoms with Crippen LogP contribution in [0.2, 0.25) is 0 Å². The first kappa shape index (κ1) is 35.6. The first-order valence-corrected chi connectivity index (χ1v) is 11.6. The summed E-state index contributed by atoms with van der Waals surface area (Å²) in [4.78, 5) is 0. The second-order valence-electron chi connectivity index (χ2n) is 13.5. The third-order valence-corrected chi connectivity index (χ3v) is 3.54. The Morgan fingerprint density at radius 1 is 0.750 bits per heavy atom. The quantitative estimate of drug-likeness (QED) is 0.354. The van der Waals surface area contributed by atoms with Gasteiger partial charge in [-0.15, -0.1) is 11.6 Å². The molecule has 1 radical (unpaired) electrons. The average Bonchev–Trinajstić information content (AvgIpc) is 3.06. The van der Waals surface area contributed by atoms with Gasteiger partial charge < -0.3 is 18.2 Å². The smallest absolute Gasteiger partial charge is 0.344 e. The van der Waals surface area contributed by atoms with Crippen LogP contribution in [0.5, 0.6) is 0 Å². The van der Waals surface area contributed by atoms with Gasteiger partial charge in [0, 0.05) is 0 Å². The van der Waals surface area contributed by atoms with Crippen LogP contribution in [-0.2, 0) is 24.0 Å². The van der Waals surface area contributed by atoms with E-state index in [9.17, 15) is 0 Å². The van der Waals surface area contributed by atoms with Crippen LogP contribution >= 0.6 is 0 Å². The van der Waals surface area contributed by atoms with E-state index >= 15 is 0 Å². The minimum absolute atomic E-state index is 0. The Kier molecular flexibility index (Phi) is 16.7. The molecule has 0 unspecified atom stereocenters. The van der Waals surface area contributed by atoms with Crippen molar-refractivity contribution < 1.29 is 18.6 Å². The summed E-state index contributed by atoms with van der Waals surface area (Å²) >= 11 is 0. The molecule has 181 valence electrons. The maximum Gasteiger partial charge on any atom is 2.00 e. The molecule has 0 heterocycles. The fourth-order valence-corrected chi connectivity index (χ4v) is 2.02. The van der Waals surface area contributed by atoms with Gasteiger partial charge in [0.2, 0.25) is 0 Å². The number of rotatable bonds is 1. The molecule has 1 aromatic carbocycles. The molecule has 1 aliphatic rings. The van der Waals surface area contributed by atoms with Crippen molar-refractivity contribution in [2.75, 3.05) is 0 Å². The van der Waals surface area contributed by atoms with Crippen LogP contribution in [-0.4, -0.2) is 0 Å². The molecule has 0 atom stereocenters. The zero-order chi connectivity index (χ0) is 25.1. The first-order valence-electron chi connectivity index (χ1n) is 11.6. The summed E-state index contributed by atoms with van der Waals surface area (Å²) < 4.78 is 0. The minimum Gasteiger partial charge on any atom is -0.344 e. The van der Waals surface area contributed by atoms with E-state index < -0.39 is 0 Å². The van der Waals surface area contributed by atoms with Crippen molar-refractivity contribution in [1.29, 1.82) is 0 Å². The molecule has 1 heteroatoms. The third kappa shape index (κ3) is 25.3. The Bertz CT molecular complexity index is 666. The van der Waals surface area contributed by atoms with E-state index in [1.807, 2.05) is 12.1 Å². The summed E-state index contributed by atoms with van der Waals surface area (Å²) in [6, 6.07) is 9.29. The SMILES string of the molecule is CC(C)(C)C.CC(C)(C)C.CC(C)(C)C1=CC=CC1.[CH-]=Cc1[c-]c(C(C)(C)C)ccc1.[V+2]. The number of hydrogen-bond donors (Lipinski definition) is 0. The van der Waals surface area contributed by atoms with E-state index in [-0.39, 0.29) is 24.0 Å². The molecule has 32 heavy (non-hydrogen) atoms. The largest absolute Gasteiger partial charge is 2.00 e. The third-order valence-electron chi connectivity index (χ3n) is 3.54. The standard InChI is InChI=1S/C12H14.C9H14.2C5H12.V/c1-5-10-7-6-8-11(9-10)12(2,3)4;1-9(2,3)8-6-4-5-7-8;2*1-5(2,3)4;/h1,5-8H,2-4H3;4-6H,7H2,1-3H3;2*1-4H3;/q-2;;;;+2. The van der Waals surface area contributed by atoms with Crippen molar-refractivity contribution in [2.24, 2.45) is 16.2 Å². The van der Waals surface area contributed by atoms with Crippen LogP contribution in [0.25, 0.3) is 6.08 Å². The predicted molar refractivity (Wildman–Crippen MR) is 144 cm³/mol. The summed E-state index contributed by atoms with van der Waals surface area (Å²) in [6.07, 6.45) is 9.31. The molecule has 0 saturated heterocycles. The van der Waals surface area contributed by atoms with Gasteiger partial charge in [0.25, 0.3) is 0 Å². The molecular formula is C31H52V. The second kappa shape index (κ2) is 15.0. The monoisotopic (exact) mass is 475 g/mol. The van der Waals surface area contributed by atoms with Crippen molar-refractivity contribution in [3.8, 4) is 0 Å². The fraction of sp³-hybridized carbons (Fsp3) is 0.613. The zero-order valence-electron chi connectivity index (χ0n) is 23.8. The zero-order valence-corrected chi connectivity index (χ0v) is 25.2. The molecular weight excluding hydrogens is 423 g/mol. The van der Waals surface area contributed by atoms with Gasteiger partial charge in [-0.2, -0.15) is 6.07 Å². The minimum atomic E-state index is 0. The van der Waals surface area contributed by atoms with Gasteiger partial charge in [0.15, 0.2) is 0 Å². The normalized spacial score (nSPS) is 13.1. The van der Waals surface area contributed by atoms with Crippen LogP contribution in [0.1, 0.15) is 114 Å². The molecule has 0 nitrogen and oxygen atoms in total. The molecule has 0 fully saturated rings. The van der Waals surface area contributed by atoms with Gasteiger partial charge in [-0.3, -0.25) is 0 Å². The van der Waals surface area contributed by atoms with Crippen molar-refractivity contribution in [1.82, 2.24) is 0 Å². The van der Waals surface area contributed by atoms with E-state index in [0.717, 1.165) is 12.0 Å². The molecule has 2 rings (SSSR count). The topological polar surface area (TPSA) is 0 Å². The van der Waals surface area contributed by atoms with E-state index in [0.29, 0.717) is 16.2 Å². The van der Waals surface area contributed by atoms with Crippen molar-refractivity contribution in [2.45, 2.75) is 109 Å². The fourth-order valence-electron chi connectivity index (χ4n) is 2.02. The van der Waals surface area contributed by atoms with Crippen molar-refractivity contribution >= 4 is 6.08 Å². The van der Waals surface area contributed by atoms with Gasteiger partial charge in [-0.05, 0) is 28.1 Å². The van der Waals surface area contributed by atoms with Crippen molar-refractivity contribution in [3.63, 3.8) is 0 Å². The Morgan fingerprint density at radius 3 is 1.44 bits per heavy atom. The van der Waals surface area contributed by atoms with Gasteiger partial charge in [-0.25, -0.2) is 12.1 Å². The predicted octanol–water partition coefficient (Wildman–Crippen LogP) is 10.3. The van der Waals surface area contributed by atoms with Crippen LogP contribution in [0.4, 0.5) is 0 Å².